The fourth-order valence-electron chi connectivity index (χ4n) is 1.13. The molecule has 0 aliphatic rings. The van der Waals surface area contributed by atoms with Crippen LogP contribution in [0.5, 0.6) is 0 Å². The number of aryl methyl sites for hydroxylation is 2. The molecule has 1 heterocycles. The molecule has 0 spiro atoms. The quantitative estimate of drug-likeness (QED) is 0.735. The van der Waals surface area contributed by atoms with Crippen molar-refractivity contribution < 1.29 is 4.79 Å². The standard InChI is InChI=1S/C9H16N4O/c1-4-7(10)9(14)11-8-5-13(3)12-6(8)2/h5,7H,4,10H2,1-3H3,(H,11,14)/t7-/m1/s1. The number of rotatable bonds is 3. The Morgan fingerprint density at radius 1 is 1.79 bits per heavy atom. The molecule has 0 radical (unpaired) electrons. The average molecular weight is 196 g/mol. The number of anilines is 1. The van der Waals surface area contributed by atoms with Crippen LogP contribution in [0.3, 0.4) is 0 Å². The molecule has 5 nitrogen and oxygen atoms in total. The fourth-order valence-corrected chi connectivity index (χ4v) is 1.13. The molecule has 0 aliphatic carbocycles. The summed E-state index contributed by atoms with van der Waals surface area (Å²) in [5.74, 6) is -0.163. The molecule has 0 saturated heterocycles. The van der Waals surface area contributed by atoms with Crippen LogP contribution in [0.2, 0.25) is 0 Å². The van der Waals surface area contributed by atoms with Crippen molar-refractivity contribution in [3.05, 3.63) is 11.9 Å². The molecule has 1 atom stereocenters. The number of aromatic nitrogens is 2. The van der Waals surface area contributed by atoms with Crippen LogP contribution in [0.1, 0.15) is 19.0 Å². The van der Waals surface area contributed by atoms with E-state index in [2.05, 4.69) is 10.4 Å². The van der Waals surface area contributed by atoms with Crippen molar-refractivity contribution in [2.45, 2.75) is 26.3 Å². The highest BCUT2D eigenvalue weighted by molar-refractivity contribution is 5.94. The summed E-state index contributed by atoms with van der Waals surface area (Å²) in [7, 11) is 1.81. The highest BCUT2D eigenvalue weighted by Crippen LogP contribution is 2.11. The van der Waals surface area contributed by atoms with E-state index >= 15 is 0 Å². The Labute approximate surface area is 83.3 Å². The van der Waals surface area contributed by atoms with Crippen molar-refractivity contribution in [3.63, 3.8) is 0 Å². The van der Waals surface area contributed by atoms with Gasteiger partial charge in [-0.05, 0) is 13.3 Å². The van der Waals surface area contributed by atoms with Crippen molar-refractivity contribution in [2.24, 2.45) is 12.8 Å². The lowest BCUT2D eigenvalue weighted by molar-refractivity contribution is -0.117. The first kappa shape index (κ1) is 10.7. The summed E-state index contributed by atoms with van der Waals surface area (Å²) in [6.45, 7) is 3.72. The van der Waals surface area contributed by atoms with Gasteiger partial charge >= 0.3 is 0 Å². The van der Waals surface area contributed by atoms with E-state index in [4.69, 9.17) is 5.73 Å². The first-order chi connectivity index (χ1) is 6.54. The Morgan fingerprint density at radius 3 is 2.86 bits per heavy atom. The molecule has 5 heteroatoms. The number of hydrogen-bond acceptors (Lipinski definition) is 3. The molecule has 78 valence electrons. The molecule has 3 N–H and O–H groups in total. The zero-order valence-electron chi connectivity index (χ0n) is 8.74. The summed E-state index contributed by atoms with van der Waals surface area (Å²) in [5.41, 5.74) is 7.10. The van der Waals surface area contributed by atoms with Gasteiger partial charge in [0.25, 0.3) is 0 Å². The lowest BCUT2D eigenvalue weighted by atomic mass is 10.2. The van der Waals surface area contributed by atoms with Crippen molar-refractivity contribution in [1.29, 1.82) is 0 Å². The van der Waals surface area contributed by atoms with Gasteiger partial charge in [0.05, 0.1) is 17.4 Å². The molecule has 0 aliphatic heterocycles. The smallest absolute Gasteiger partial charge is 0.241 e. The van der Waals surface area contributed by atoms with E-state index in [9.17, 15) is 4.79 Å². The third-order valence-corrected chi connectivity index (χ3v) is 2.05. The number of nitrogens with one attached hydrogen (secondary N) is 1. The van der Waals surface area contributed by atoms with E-state index in [-0.39, 0.29) is 5.91 Å². The number of nitrogens with two attached hydrogens (primary N) is 1. The van der Waals surface area contributed by atoms with Crippen molar-refractivity contribution in [1.82, 2.24) is 9.78 Å². The molecule has 0 bridgehead atoms. The van der Waals surface area contributed by atoms with Gasteiger partial charge in [-0.1, -0.05) is 6.92 Å². The Balaban J connectivity index is 2.69. The summed E-state index contributed by atoms with van der Waals surface area (Å²) in [6, 6.07) is -0.449. The number of carbonyl (C=O) groups excluding carboxylic acids is 1. The van der Waals surface area contributed by atoms with Gasteiger partial charge in [-0.3, -0.25) is 9.48 Å². The van der Waals surface area contributed by atoms with E-state index in [1.807, 2.05) is 20.9 Å². The van der Waals surface area contributed by atoms with Gasteiger partial charge in [0.2, 0.25) is 5.91 Å². The third kappa shape index (κ3) is 2.32. The lowest BCUT2D eigenvalue weighted by Gasteiger charge is -2.08. The summed E-state index contributed by atoms with van der Waals surface area (Å²) in [4.78, 5) is 11.4. The number of carbonyl (C=O) groups is 1. The normalized spacial score (nSPS) is 12.6. The minimum absolute atomic E-state index is 0.163. The van der Waals surface area contributed by atoms with Crippen LogP contribution in [0.15, 0.2) is 6.20 Å². The first-order valence-electron chi connectivity index (χ1n) is 4.61. The van der Waals surface area contributed by atoms with Gasteiger partial charge in [-0.25, -0.2) is 0 Å². The van der Waals surface area contributed by atoms with E-state index < -0.39 is 6.04 Å². The third-order valence-electron chi connectivity index (χ3n) is 2.05. The van der Waals surface area contributed by atoms with Crippen LogP contribution in [0.4, 0.5) is 5.69 Å². The molecular formula is C9H16N4O. The fraction of sp³-hybridized carbons (Fsp3) is 0.556. The SMILES string of the molecule is CC[C@@H](N)C(=O)Nc1cn(C)nc1C. The maximum atomic E-state index is 11.4. The van der Waals surface area contributed by atoms with Crippen molar-refractivity contribution >= 4 is 11.6 Å². The van der Waals surface area contributed by atoms with Gasteiger partial charge < -0.3 is 11.1 Å². The molecule has 0 aromatic carbocycles. The Bertz CT molecular complexity index is 332. The van der Waals surface area contributed by atoms with Gasteiger partial charge in [0.15, 0.2) is 0 Å². The second kappa shape index (κ2) is 4.23. The summed E-state index contributed by atoms with van der Waals surface area (Å²) < 4.78 is 1.66. The Morgan fingerprint density at radius 2 is 2.43 bits per heavy atom. The zero-order valence-corrected chi connectivity index (χ0v) is 8.74. The first-order valence-corrected chi connectivity index (χ1v) is 4.61. The highest BCUT2D eigenvalue weighted by Gasteiger charge is 2.13. The molecule has 14 heavy (non-hydrogen) atoms. The molecule has 1 aromatic rings. The second-order valence-electron chi connectivity index (χ2n) is 3.31. The topological polar surface area (TPSA) is 72.9 Å². The van der Waals surface area contributed by atoms with Crippen LogP contribution in [-0.4, -0.2) is 21.7 Å². The average Bonchev–Trinajstić information content (AvgIpc) is 2.44. The molecule has 1 amide bonds. The molecule has 1 aromatic heterocycles. The molecule has 1 rings (SSSR count). The van der Waals surface area contributed by atoms with E-state index in [1.54, 1.807) is 10.9 Å². The van der Waals surface area contributed by atoms with E-state index in [1.165, 1.54) is 0 Å². The summed E-state index contributed by atoms with van der Waals surface area (Å²) in [5, 5.41) is 6.84. The minimum atomic E-state index is -0.449. The molecular weight excluding hydrogens is 180 g/mol. The maximum absolute atomic E-state index is 11.4. The highest BCUT2D eigenvalue weighted by atomic mass is 16.2. The molecule has 0 unspecified atom stereocenters. The van der Waals surface area contributed by atoms with Crippen LogP contribution >= 0.6 is 0 Å². The Hall–Kier alpha value is -1.36. The van der Waals surface area contributed by atoms with Crippen LogP contribution in [0, 0.1) is 6.92 Å². The van der Waals surface area contributed by atoms with Crippen molar-refractivity contribution in [2.75, 3.05) is 5.32 Å². The van der Waals surface area contributed by atoms with Gasteiger partial charge in [-0.2, -0.15) is 5.10 Å². The van der Waals surface area contributed by atoms with Crippen LogP contribution < -0.4 is 11.1 Å². The number of nitrogens with zero attached hydrogens (tertiary/aromatic N) is 2. The molecule has 0 fully saturated rings. The minimum Gasteiger partial charge on any atom is -0.322 e. The van der Waals surface area contributed by atoms with Gasteiger partial charge in [0.1, 0.15) is 0 Å². The lowest BCUT2D eigenvalue weighted by Crippen LogP contribution is -2.34. The Kier molecular flexibility index (Phi) is 3.24. The maximum Gasteiger partial charge on any atom is 0.241 e. The summed E-state index contributed by atoms with van der Waals surface area (Å²) in [6.07, 6.45) is 2.39. The second-order valence-corrected chi connectivity index (χ2v) is 3.31. The van der Waals surface area contributed by atoms with E-state index in [0.29, 0.717) is 6.42 Å². The molecule has 0 saturated carbocycles. The predicted octanol–water partition coefficient (Wildman–Crippen LogP) is 0.404. The predicted molar refractivity (Wildman–Crippen MR) is 54.8 cm³/mol. The summed E-state index contributed by atoms with van der Waals surface area (Å²) >= 11 is 0. The number of amides is 1. The van der Waals surface area contributed by atoms with Gasteiger partial charge in [0, 0.05) is 13.2 Å². The largest absolute Gasteiger partial charge is 0.322 e. The zero-order chi connectivity index (χ0) is 10.7. The van der Waals surface area contributed by atoms with E-state index in [0.717, 1.165) is 11.4 Å². The monoisotopic (exact) mass is 196 g/mol. The van der Waals surface area contributed by atoms with Gasteiger partial charge in [-0.15, -0.1) is 0 Å². The number of hydrogen-bond donors (Lipinski definition) is 2. The van der Waals surface area contributed by atoms with Crippen LogP contribution in [-0.2, 0) is 11.8 Å². The van der Waals surface area contributed by atoms with Crippen molar-refractivity contribution in [3.8, 4) is 0 Å². The van der Waals surface area contributed by atoms with Crippen LogP contribution in [0.25, 0.3) is 0 Å².